The molecule has 2 amide bonds. The number of hydrogen-bond acceptors (Lipinski definition) is 4. The lowest BCUT2D eigenvalue weighted by molar-refractivity contribution is 0.122. The predicted molar refractivity (Wildman–Crippen MR) is 107 cm³/mol. The standard InChI is InChI=1S/C21H24N4O2/c26-21(25-10-4-7-18(16-25)17-5-2-1-3-6-17)23-20-9-8-19(15-22-20)24-11-13-27-14-12-24/h1-3,5-9,15H,4,10-14,16H2,(H,22,23,26). The number of anilines is 2. The minimum absolute atomic E-state index is 0.108. The predicted octanol–water partition coefficient (Wildman–Crippen LogP) is 3.24. The summed E-state index contributed by atoms with van der Waals surface area (Å²) in [5, 5.41) is 2.92. The van der Waals surface area contributed by atoms with Crippen molar-refractivity contribution in [1.82, 2.24) is 9.88 Å². The lowest BCUT2D eigenvalue weighted by Crippen LogP contribution is -2.38. The Hall–Kier alpha value is -2.86. The SMILES string of the molecule is O=C(Nc1ccc(N2CCOCC2)cn1)N1CCC=C(c2ccccc2)C1. The number of benzene rings is 1. The Morgan fingerprint density at radius 1 is 1.04 bits per heavy atom. The van der Waals surface area contributed by atoms with Gasteiger partial charge in [0.25, 0.3) is 0 Å². The van der Waals surface area contributed by atoms with Crippen LogP contribution in [0.5, 0.6) is 0 Å². The van der Waals surface area contributed by atoms with Gasteiger partial charge in [0.05, 0.1) is 25.1 Å². The molecule has 0 aliphatic carbocycles. The molecule has 3 heterocycles. The molecule has 1 N–H and O–H groups in total. The monoisotopic (exact) mass is 364 g/mol. The summed E-state index contributed by atoms with van der Waals surface area (Å²) in [4.78, 5) is 21.1. The van der Waals surface area contributed by atoms with Crippen LogP contribution in [0.1, 0.15) is 12.0 Å². The van der Waals surface area contributed by atoms with Gasteiger partial charge in [0.2, 0.25) is 0 Å². The van der Waals surface area contributed by atoms with E-state index < -0.39 is 0 Å². The van der Waals surface area contributed by atoms with Crippen LogP contribution >= 0.6 is 0 Å². The maximum Gasteiger partial charge on any atom is 0.323 e. The summed E-state index contributed by atoms with van der Waals surface area (Å²) in [5.74, 6) is 0.577. The molecule has 0 atom stereocenters. The highest BCUT2D eigenvalue weighted by Crippen LogP contribution is 2.21. The van der Waals surface area contributed by atoms with Gasteiger partial charge in [-0.1, -0.05) is 36.4 Å². The van der Waals surface area contributed by atoms with Crippen molar-refractivity contribution < 1.29 is 9.53 Å². The zero-order valence-corrected chi connectivity index (χ0v) is 15.3. The summed E-state index contributed by atoms with van der Waals surface area (Å²) < 4.78 is 5.38. The lowest BCUT2D eigenvalue weighted by Gasteiger charge is -2.29. The maximum absolute atomic E-state index is 12.7. The molecule has 2 aromatic rings. The van der Waals surface area contributed by atoms with Gasteiger partial charge in [-0.05, 0) is 29.7 Å². The largest absolute Gasteiger partial charge is 0.378 e. The number of morpholine rings is 1. The molecule has 0 unspecified atom stereocenters. The molecule has 1 aromatic heterocycles. The third-order valence-corrected chi connectivity index (χ3v) is 4.94. The molecule has 27 heavy (non-hydrogen) atoms. The van der Waals surface area contributed by atoms with Crippen molar-refractivity contribution in [2.24, 2.45) is 0 Å². The fraction of sp³-hybridized carbons (Fsp3) is 0.333. The second-order valence-corrected chi connectivity index (χ2v) is 6.74. The highest BCUT2D eigenvalue weighted by Gasteiger charge is 2.19. The second kappa shape index (κ2) is 8.22. The summed E-state index contributed by atoms with van der Waals surface area (Å²) >= 11 is 0. The first-order chi connectivity index (χ1) is 13.3. The van der Waals surface area contributed by atoms with Crippen molar-refractivity contribution in [2.75, 3.05) is 49.6 Å². The Labute approximate surface area is 159 Å². The van der Waals surface area contributed by atoms with Gasteiger partial charge >= 0.3 is 6.03 Å². The van der Waals surface area contributed by atoms with Crippen LogP contribution in [0.4, 0.5) is 16.3 Å². The molecule has 2 aliphatic heterocycles. The van der Waals surface area contributed by atoms with Crippen LogP contribution in [-0.2, 0) is 4.74 Å². The number of hydrogen-bond donors (Lipinski definition) is 1. The van der Waals surface area contributed by atoms with Gasteiger partial charge in [0.1, 0.15) is 5.82 Å². The molecule has 0 bridgehead atoms. The average Bonchev–Trinajstić information content (AvgIpc) is 2.75. The fourth-order valence-electron chi connectivity index (χ4n) is 3.44. The molecule has 0 radical (unpaired) electrons. The van der Waals surface area contributed by atoms with E-state index in [0.29, 0.717) is 18.9 Å². The molecule has 2 aliphatic rings. The number of aromatic nitrogens is 1. The molecular formula is C21H24N4O2. The number of carbonyl (C=O) groups is 1. The van der Waals surface area contributed by atoms with E-state index in [1.165, 1.54) is 11.1 Å². The van der Waals surface area contributed by atoms with Gasteiger partial charge in [-0.3, -0.25) is 5.32 Å². The van der Waals surface area contributed by atoms with Crippen molar-refractivity contribution >= 4 is 23.1 Å². The molecule has 6 heteroatoms. The third-order valence-electron chi connectivity index (χ3n) is 4.94. The van der Waals surface area contributed by atoms with Crippen LogP contribution in [0.2, 0.25) is 0 Å². The number of amides is 2. The summed E-state index contributed by atoms with van der Waals surface area (Å²) in [6, 6.07) is 14.0. The first-order valence-electron chi connectivity index (χ1n) is 9.39. The van der Waals surface area contributed by atoms with E-state index >= 15 is 0 Å². The van der Waals surface area contributed by atoms with E-state index in [-0.39, 0.29) is 6.03 Å². The maximum atomic E-state index is 12.7. The second-order valence-electron chi connectivity index (χ2n) is 6.74. The van der Waals surface area contributed by atoms with Gasteiger partial charge in [-0.2, -0.15) is 0 Å². The van der Waals surface area contributed by atoms with Gasteiger partial charge in [-0.25, -0.2) is 9.78 Å². The molecule has 4 rings (SSSR count). The summed E-state index contributed by atoms with van der Waals surface area (Å²) in [6.45, 7) is 4.55. The Balaban J connectivity index is 1.37. The molecule has 0 saturated carbocycles. The normalized spacial score (nSPS) is 17.4. The topological polar surface area (TPSA) is 57.7 Å². The number of rotatable bonds is 3. The highest BCUT2D eigenvalue weighted by atomic mass is 16.5. The summed E-state index contributed by atoms with van der Waals surface area (Å²) in [7, 11) is 0. The van der Waals surface area contributed by atoms with E-state index in [1.54, 1.807) is 0 Å². The first kappa shape index (κ1) is 17.5. The van der Waals surface area contributed by atoms with Gasteiger partial charge in [-0.15, -0.1) is 0 Å². The van der Waals surface area contributed by atoms with Crippen LogP contribution in [0, 0.1) is 0 Å². The summed E-state index contributed by atoms with van der Waals surface area (Å²) in [5.41, 5.74) is 3.42. The van der Waals surface area contributed by atoms with Crippen LogP contribution < -0.4 is 10.2 Å². The van der Waals surface area contributed by atoms with E-state index in [1.807, 2.05) is 41.4 Å². The number of pyridine rings is 1. The number of urea groups is 1. The quantitative estimate of drug-likeness (QED) is 0.908. The van der Waals surface area contributed by atoms with Crippen molar-refractivity contribution in [1.29, 1.82) is 0 Å². The fourth-order valence-corrected chi connectivity index (χ4v) is 3.44. The zero-order valence-electron chi connectivity index (χ0n) is 15.3. The van der Waals surface area contributed by atoms with E-state index in [9.17, 15) is 4.79 Å². The summed E-state index contributed by atoms with van der Waals surface area (Å²) in [6.07, 6.45) is 4.89. The van der Waals surface area contributed by atoms with Gasteiger partial charge in [0, 0.05) is 26.2 Å². The lowest BCUT2D eigenvalue weighted by atomic mass is 10.0. The molecule has 0 spiro atoms. The van der Waals surface area contributed by atoms with Crippen molar-refractivity contribution in [2.45, 2.75) is 6.42 Å². The van der Waals surface area contributed by atoms with Crippen molar-refractivity contribution in [3.05, 3.63) is 60.3 Å². The zero-order chi connectivity index (χ0) is 18.5. The van der Waals surface area contributed by atoms with Gasteiger partial charge < -0.3 is 14.5 Å². The highest BCUT2D eigenvalue weighted by molar-refractivity contribution is 5.90. The molecule has 1 saturated heterocycles. The van der Waals surface area contributed by atoms with E-state index in [4.69, 9.17) is 4.74 Å². The number of ether oxygens (including phenoxy) is 1. The Morgan fingerprint density at radius 3 is 2.59 bits per heavy atom. The van der Waals surface area contributed by atoms with Crippen LogP contribution in [-0.4, -0.2) is 55.3 Å². The number of nitrogens with one attached hydrogen (secondary N) is 1. The van der Waals surface area contributed by atoms with Crippen molar-refractivity contribution in [3.8, 4) is 0 Å². The van der Waals surface area contributed by atoms with E-state index in [2.05, 4.69) is 33.4 Å². The minimum Gasteiger partial charge on any atom is -0.378 e. The van der Waals surface area contributed by atoms with Gasteiger partial charge in [0.15, 0.2) is 0 Å². The smallest absolute Gasteiger partial charge is 0.323 e. The molecular weight excluding hydrogens is 340 g/mol. The molecule has 140 valence electrons. The van der Waals surface area contributed by atoms with Crippen molar-refractivity contribution in [3.63, 3.8) is 0 Å². The van der Waals surface area contributed by atoms with Crippen LogP contribution in [0.15, 0.2) is 54.7 Å². The first-order valence-corrected chi connectivity index (χ1v) is 9.39. The van der Waals surface area contributed by atoms with Crippen LogP contribution in [0.3, 0.4) is 0 Å². The Morgan fingerprint density at radius 2 is 1.85 bits per heavy atom. The Kier molecular flexibility index (Phi) is 5.34. The minimum atomic E-state index is -0.108. The third kappa shape index (κ3) is 4.28. The van der Waals surface area contributed by atoms with E-state index in [0.717, 1.165) is 38.4 Å². The molecule has 1 fully saturated rings. The number of carbonyl (C=O) groups excluding carboxylic acids is 1. The average molecular weight is 364 g/mol. The molecule has 1 aromatic carbocycles. The molecule has 6 nitrogen and oxygen atoms in total. The Bertz CT molecular complexity index is 799. The number of nitrogens with zero attached hydrogens (tertiary/aromatic N) is 3. The van der Waals surface area contributed by atoms with Crippen LogP contribution in [0.25, 0.3) is 5.57 Å².